The maximum atomic E-state index is 11.3. The third kappa shape index (κ3) is 1.61. The second-order valence-electron chi connectivity index (χ2n) is 2.68. The van der Waals surface area contributed by atoms with E-state index in [1.165, 1.54) is 6.07 Å². The first-order valence-corrected chi connectivity index (χ1v) is 3.81. The Labute approximate surface area is 71.4 Å². The molecule has 0 aliphatic rings. The van der Waals surface area contributed by atoms with Crippen LogP contribution in [0.4, 0.5) is 0 Å². The van der Waals surface area contributed by atoms with Gasteiger partial charge in [0, 0.05) is 18.3 Å². The molecule has 0 saturated heterocycles. The van der Waals surface area contributed by atoms with E-state index in [1.54, 1.807) is 10.6 Å². The lowest BCUT2D eigenvalue weighted by Crippen LogP contribution is -2.22. The Hall–Kier alpha value is -1.38. The number of nitrogens with zero attached hydrogens (tertiary/aromatic N) is 2. The molecule has 0 amide bonds. The summed E-state index contributed by atoms with van der Waals surface area (Å²) in [6.07, 6.45) is 1.69. The van der Waals surface area contributed by atoms with Crippen molar-refractivity contribution in [3.8, 4) is 0 Å². The summed E-state index contributed by atoms with van der Waals surface area (Å²) < 4.78 is 1.58. The maximum Gasteiger partial charge on any atom is 0.253 e. The average Bonchev–Trinajstić information content (AvgIpc) is 1.96. The summed E-state index contributed by atoms with van der Waals surface area (Å²) in [6.45, 7) is 7.73. The molecule has 0 N–H and O–H groups in total. The van der Waals surface area contributed by atoms with Gasteiger partial charge in [0.2, 0.25) is 0 Å². The first-order valence-electron chi connectivity index (χ1n) is 3.81. The number of aromatic nitrogens is 2. The van der Waals surface area contributed by atoms with E-state index in [0.717, 1.165) is 11.5 Å². The molecule has 0 radical (unpaired) electrons. The summed E-state index contributed by atoms with van der Waals surface area (Å²) in [5, 5.41) is 0. The van der Waals surface area contributed by atoms with Crippen molar-refractivity contribution in [2.45, 2.75) is 20.4 Å². The van der Waals surface area contributed by atoms with Crippen LogP contribution in [-0.4, -0.2) is 9.55 Å². The van der Waals surface area contributed by atoms with Gasteiger partial charge in [-0.25, -0.2) is 4.98 Å². The van der Waals surface area contributed by atoms with Crippen LogP contribution in [0, 0.1) is 13.8 Å². The molecule has 0 aliphatic carbocycles. The van der Waals surface area contributed by atoms with Gasteiger partial charge in [-0.3, -0.25) is 9.36 Å². The largest absolute Gasteiger partial charge is 0.293 e. The highest BCUT2D eigenvalue weighted by molar-refractivity contribution is 5.02. The molecule has 0 spiro atoms. The van der Waals surface area contributed by atoms with E-state index in [1.807, 2.05) is 13.8 Å². The number of aryl methyl sites for hydroxylation is 2. The van der Waals surface area contributed by atoms with Crippen molar-refractivity contribution in [2.75, 3.05) is 0 Å². The minimum Gasteiger partial charge on any atom is -0.293 e. The quantitative estimate of drug-likeness (QED) is 0.612. The second-order valence-corrected chi connectivity index (χ2v) is 2.68. The van der Waals surface area contributed by atoms with Crippen molar-refractivity contribution in [3.63, 3.8) is 0 Å². The van der Waals surface area contributed by atoms with Gasteiger partial charge in [-0.05, 0) is 13.8 Å². The highest BCUT2D eigenvalue weighted by Gasteiger charge is 1.99. The van der Waals surface area contributed by atoms with E-state index < -0.39 is 0 Å². The van der Waals surface area contributed by atoms with E-state index in [2.05, 4.69) is 11.6 Å². The van der Waals surface area contributed by atoms with Crippen LogP contribution in [-0.2, 0) is 6.54 Å². The van der Waals surface area contributed by atoms with E-state index in [9.17, 15) is 4.79 Å². The van der Waals surface area contributed by atoms with Gasteiger partial charge in [-0.1, -0.05) is 6.08 Å². The van der Waals surface area contributed by atoms with Crippen molar-refractivity contribution in [1.82, 2.24) is 9.55 Å². The summed E-state index contributed by atoms with van der Waals surface area (Å²) in [4.78, 5) is 15.5. The van der Waals surface area contributed by atoms with Gasteiger partial charge >= 0.3 is 0 Å². The molecule has 0 fully saturated rings. The van der Waals surface area contributed by atoms with E-state index >= 15 is 0 Å². The molecule has 1 heterocycles. The molecule has 0 unspecified atom stereocenters. The summed E-state index contributed by atoms with van der Waals surface area (Å²) in [7, 11) is 0. The first kappa shape index (κ1) is 8.71. The number of rotatable bonds is 2. The third-order valence-corrected chi connectivity index (χ3v) is 1.64. The zero-order chi connectivity index (χ0) is 9.14. The molecule has 0 bridgehead atoms. The summed E-state index contributed by atoms with van der Waals surface area (Å²) in [5.41, 5.74) is 0.748. The van der Waals surface area contributed by atoms with Gasteiger partial charge in [0.15, 0.2) is 0 Å². The molecule has 0 atom stereocenters. The molecular formula is C9H12N2O. The molecule has 0 aromatic carbocycles. The number of allylic oxidation sites excluding steroid dienone is 1. The fourth-order valence-electron chi connectivity index (χ4n) is 1.12. The monoisotopic (exact) mass is 164 g/mol. The normalized spacial score (nSPS) is 9.83. The highest BCUT2D eigenvalue weighted by atomic mass is 16.1. The standard InChI is InChI=1S/C9H12N2O/c1-4-5-11-8(3)10-7(2)6-9(11)12/h4,6H,1,5H2,2-3H3. The van der Waals surface area contributed by atoms with Crippen LogP contribution < -0.4 is 5.56 Å². The molecule has 0 saturated carbocycles. The van der Waals surface area contributed by atoms with Gasteiger partial charge in [-0.2, -0.15) is 0 Å². The van der Waals surface area contributed by atoms with E-state index in [-0.39, 0.29) is 5.56 Å². The fraction of sp³-hybridized carbons (Fsp3) is 0.333. The minimum absolute atomic E-state index is 0.0140. The van der Waals surface area contributed by atoms with Gasteiger partial charge in [0.05, 0.1) is 0 Å². The molecular weight excluding hydrogens is 152 g/mol. The molecule has 0 aliphatic heterocycles. The lowest BCUT2D eigenvalue weighted by molar-refractivity contribution is 0.709. The summed E-state index contributed by atoms with van der Waals surface area (Å²) >= 11 is 0. The molecule has 12 heavy (non-hydrogen) atoms. The van der Waals surface area contributed by atoms with Crippen molar-refractivity contribution >= 4 is 0 Å². The predicted octanol–water partition coefficient (Wildman–Crippen LogP) is 1.05. The SMILES string of the molecule is C=CCn1c(C)nc(C)cc1=O. The molecule has 3 nitrogen and oxygen atoms in total. The smallest absolute Gasteiger partial charge is 0.253 e. The van der Waals surface area contributed by atoms with Crippen molar-refractivity contribution in [1.29, 1.82) is 0 Å². The Morgan fingerprint density at radius 2 is 2.33 bits per heavy atom. The van der Waals surface area contributed by atoms with Crippen LogP contribution in [0.5, 0.6) is 0 Å². The average molecular weight is 164 g/mol. The third-order valence-electron chi connectivity index (χ3n) is 1.64. The first-order chi connectivity index (χ1) is 5.65. The van der Waals surface area contributed by atoms with Crippen molar-refractivity contribution in [3.05, 3.63) is 40.6 Å². The van der Waals surface area contributed by atoms with Crippen LogP contribution in [0.15, 0.2) is 23.5 Å². The molecule has 64 valence electrons. The predicted molar refractivity (Wildman–Crippen MR) is 48.2 cm³/mol. The molecule has 1 aromatic rings. The topological polar surface area (TPSA) is 34.9 Å². The van der Waals surface area contributed by atoms with Gasteiger partial charge in [0.1, 0.15) is 5.82 Å². The number of hydrogen-bond acceptors (Lipinski definition) is 2. The van der Waals surface area contributed by atoms with Crippen LogP contribution in [0.3, 0.4) is 0 Å². The van der Waals surface area contributed by atoms with Gasteiger partial charge in [-0.15, -0.1) is 6.58 Å². The maximum absolute atomic E-state index is 11.3. The lowest BCUT2D eigenvalue weighted by Gasteiger charge is -2.05. The Morgan fingerprint density at radius 3 is 2.83 bits per heavy atom. The molecule has 1 rings (SSSR count). The van der Waals surface area contributed by atoms with E-state index in [4.69, 9.17) is 0 Å². The highest BCUT2D eigenvalue weighted by Crippen LogP contribution is 1.92. The Morgan fingerprint density at radius 1 is 1.67 bits per heavy atom. The van der Waals surface area contributed by atoms with Gasteiger partial charge < -0.3 is 0 Å². The minimum atomic E-state index is -0.0140. The summed E-state index contributed by atoms with van der Waals surface area (Å²) in [6, 6.07) is 1.52. The summed E-state index contributed by atoms with van der Waals surface area (Å²) in [5.74, 6) is 0.736. The second kappa shape index (κ2) is 3.34. The number of hydrogen-bond donors (Lipinski definition) is 0. The molecule has 1 aromatic heterocycles. The Bertz CT molecular complexity index is 352. The van der Waals surface area contributed by atoms with Gasteiger partial charge in [0.25, 0.3) is 5.56 Å². The van der Waals surface area contributed by atoms with Crippen molar-refractivity contribution < 1.29 is 0 Å². The fourth-order valence-corrected chi connectivity index (χ4v) is 1.12. The Kier molecular flexibility index (Phi) is 2.43. The van der Waals surface area contributed by atoms with Crippen LogP contribution in [0.1, 0.15) is 11.5 Å². The van der Waals surface area contributed by atoms with Crippen molar-refractivity contribution in [2.24, 2.45) is 0 Å². The van der Waals surface area contributed by atoms with Crippen LogP contribution >= 0.6 is 0 Å². The zero-order valence-corrected chi connectivity index (χ0v) is 7.37. The van der Waals surface area contributed by atoms with Crippen LogP contribution in [0.25, 0.3) is 0 Å². The van der Waals surface area contributed by atoms with E-state index in [0.29, 0.717) is 6.54 Å². The Balaban J connectivity index is 3.28. The lowest BCUT2D eigenvalue weighted by atomic mass is 10.4. The zero-order valence-electron chi connectivity index (χ0n) is 7.37. The molecule has 3 heteroatoms. The van der Waals surface area contributed by atoms with Crippen LogP contribution in [0.2, 0.25) is 0 Å².